The minimum Gasteiger partial charge on any atom is -0.481 e. The van der Waals surface area contributed by atoms with Crippen LogP contribution in [0, 0.1) is 10.1 Å². The van der Waals surface area contributed by atoms with E-state index in [0.717, 1.165) is 0 Å². The van der Waals surface area contributed by atoms with Crippen molar-refractivity contribution in [2.45, 2.75) is 25.2 Å². The molecule has 0 spiro atoms. The number of hydrogen-bond acceptors (Lipinski definition) is 4. The lowest BCUT2D eigenvalue weighted by atomic mass is 9.72. The van der Waals surface area contributed by atoms with Gasteiger partial charge in [0.1, 0.15) is 0 Å². The molecule has 1 aliphatic heterocycles. The smallest absolute Gasteiger partial charge is 0.314 e. The number of hydrogen-bond donors (Lipinski definition) is 1. The summed E-state index contributed by atoms with van der Waals surface area (Å²) >= 11 is 0. The minimum atomic E-state index is -1.08. The Morgan fingerprint density at radius 1 is 1.24 bits per heavy atom. The Balaban J connectivity index is 2.29. The van der Waals surface area contributed by atoms with Crippen LogP contribution in [0.1, 0.15) is 25.3 Å². The van der Waals surface area contributed by atoms with E-state index in [1.165, 1.54) is 31.2 Å². The molecule has 1 saturated heterocycles. The standard InChI is InChI=1S/C14H16N2O5/c1-10(17)15-8-6-14(7-9-15,13(18)19)11-2-4-12(5-3-11)16(20)21/h2-5H,6-9H2,1H3,(H,18,19). The zero-order valence-electron chi connectivity index (χ0n) is 11.6. The van der Waals surface area contributed by atoms with Crippen molar-refractivity contribution in [3.8, 4) is 0 Å². The molecule has 0 radical (unpaired) electrons. The van der Waals surface area contributed by atoms with Crippen molar-refractivity contribution >= 4 is 17.6 Å². The maximum Gasteiger partial charge on any atom is 0.314 e. The number of rotatable bonds is 3. The summed E-state index contributed by atoms with van der Waals surface area (Å²) in [6.45, 7) is 2.21. The van der Waals surface area contributed by atoms with Crippen molar-refractivity contribution < 1.29 is 19.6 Å². The van der Waals surface area contributed by atoms with Gasteiger partial charge in [-0.05, 0) is 18.4 Å². The van der Waals surface area contributed by atoms with Crippen molar-refractivity contribution in [2.75, 3.05) is 13.1 Å². The van der Waals surface area contributed by atoms with Gasteiger partial charge in [-0.3, -0.25) is 19.7 Å². The molecule has 21 heavy (non-hydrogen) atoms. The molecule has 0 unspecified atom stereocenters. The molecule has 0 aliphatic carbocycles. The molecule has 7 heteroatoms. The van der Waals surface area contributed by atoms with E-state index in [1.54, 1.807) is 4.90 Å². The molecule has 0 saturated carbocycles. The summed E-state index contributed by atoms with van der Waals surface area (Å²) in [7, 11) is 0. The third-order valence-corrected chi connectivity index (χ3v) is 4.10. The quantitative estimate of drug-likeness (QED) is 0.673. The van der Waals surface area contributed by atoms with Gasteiger partial charge < -0.3 is 10.0 Å². The fraction of sp³-hybridized carbons (Fsp3) is 0.429. The third-order valence-electron chi connectivity index (χ3n) is 4.10. The number of nitrogens with zero attached hydrogens (tertiary/aromatic N) is 2. The van der Waals surface area contributed by atoms with Crippen LogP contribution in [0.3, 0.4) is 0 Å². The Morgan fingerprint density at radius 3 is 2.14 bits per heavy atom. The Morgan fingerprint density at radius 2 is 1.76 bits per heavy atom. The van der Waals surface area contributed by atoms with Gasteiger partial charge in [0.15, 0.2) is 0 Å². The number of nitro groups is 1. The second-order valence-electron chi connectivity index (χ2n) is 5.20. The van der Waals surface area contributed by atoms with E-state index in [4.69, 9.17) is 0 Å². The van der Waals surface area contributed by atoms with Crippen LogP contribution in [0.4, 0.5) is 5.69 Å². The molecule has 0 atom stereocenters. The Hall–Kier alpha value is -2.44. The summed E-state index contributed by atoms with van der Waals surface area (Å²) in [5, 5.41) is 20.3. The first kappa shape index (κ1) is 15.0. The SMILES string of the molecule is CC(=O)N1CCC(C(=O)O)(c2ccc([N+](=O)[O-])cc2)CC1. The molecule has 7 nitrogen and oxygen atoms in total. The first-order valence-electron chi connectivity index (χ1n) is 6.61. The van der Waals surface area contributed by atoms with Gasteiger partial charge in [0.05, 0.1) is 10.3 Å². The number of piperidine rings is 1. The summed E-state index contributed by atoms with van der Waals surface area (Å²) in [4.78, 5) is 34.8. The Kier molecular flexibility index (Phi) is 3.93. The fourth-order valence-corrected chi connectivity index (χ4v) is 2.73. The average Bonchev–Trinajstić information content (AvgIpc) is 2.47. The maximum atomic E-state index is 11.7. The molecule has 1 fully saturated rings. The Bertz CT molecular complexity index is 574. The van der Waals surface area contributed by atoms with Crippen LogP contribution >= 0.6 is 0 Å². The lowest BCUT2D eigenvalue weighted by Crippen LogP contribution is -2.48. The highest BCUT2D eigenvalue weighted by atomic mass is 16.6. The summed E-state index contributed by atoms with van der Waals surface area (Å²) in [6.07, 6.45) is 0.611. The van der Waals surface area contributed by atoms with Crippen LogP contribution < -0.4 is 0 Å². The molecule has 1 amide bonds. The summed E-state index contributed by atoms with van der Waals surface area (Å²) < 4.78 is 0. The normalized spacial score (nSPS) is 17.3. The van der Waals surface area contributed by atoms with E-state index in [9.17, 15) is 24.8 Å². The van der Waals surface area contributed by atoms with Gasteiger partial charge in [0, 0.05) is 32.1 Å². The molecular formula is C14H16N2O5. The van der Waals surface area contributed by atoms with E-state index < -0.39 is 16.3 Å². The maximum absolute atomic E-state index is 11.7. The largest absolute Gasteiger partial charge is 0.481 e. The topological polar surface area (TPSA) is 101 Å². The molecule has 1 heterocycles. The van der Waals surface area contributed by atoms with Crippen LogP contribution in [-0.2, 0) is 15.0 Å². The number of carboxylic acids is 1. The fourth-order valence-electron chi connectivity index (χ4n) is 2.73. The molecule has 1 aromatic rings. The van der Waals surface area contributed by atoms with E-state index in [2.05, 4.69) is 0 Å². The van der Waals surface area contributed by atoms with Crippen molar-refractivity contribution in [3.63, 3.8) is 0 Å². The average molecular weight is 292 g/mol. The van der Waals surface area contributed by atoms with Gasteiger partial charge in [0.25, 0.3) is 5.69 Å². The van der Waals surface area contributed by atoms with Crippen molar-refractivity contribution in [1.82, 2.24) is 4.90 Å². The summed E-state index contributed by atoms with van der Waals surface area (Å²) in [5.41, 5.74) is -0.606. The van der Waals surface area contributed by atoms with Gasteiger partial charge in [-0.15, -0.1) is 0 Å². The molecular weight excluding hydrogens is 276 g/mol. The van der Waals surface area contributed by atoms with Crippen molar-refractivity contribution in [1.29, 1.82) is 0 Å². The number of likely N-dealkylation sites (tertiary alicyclic amines) is 1. The second-order valence-corrected chi connectivity index (χ2v) is 5.20. The number of non-ortho nitro benzene ring substituents is 1. The first-order chi connectivity index (χ1) is 9.86. The predicted molar refractivity (Wildman–Crippen MR) is 73.9 cm³/mol. The highest BCUT2D eigenvalue weighted by Crippen LogP contribution is 2.36. The molecule has 1 aliphatic rings. The van der Waals surface area contributed by atoms with Gasteiger partial charge in [-0.25, -0.2) is 0 Å². The van der Waals surface area contributed by atoms with Gasteiger partial charge >= 0.3 is 5.97 Å². The number of aliphatic carboxylic acids is 1. The molecule has 112 valence electrons. The second kappa shape index (κ2) is 5.51. The van der Waals surface area contributed by atoms with Crippen molar-refractivity contribution in [3.05, 3.63) is 39.9 Å². The number of carboxylic acid groups (broad SMARTS) is 1. The minimum absolute atomic E-state index is 0.0690. The van der Waals surface area contributed by atoms with E-state index in [1.807, 2.05) is 0 Å². The lowest BCUT2D eigenvalue weighted by Gasteiger charge is -2.38. The highest BCUT2D eigenvalue weighted by molar-refractivity contribution is 5.82. The van der Waals surface area contributed by atoms with Crippen LogP contribution in [0.25, 0.3) is 0 Å². The van der Waals surface area contributed by atoms with Crippen molar-refractivity contribution in [2.24, 2.45) is 0 Å². The van der Waals surface area contributed by atoms with E-state index in [0.29, 0.717) is 31.5 Å². The molecule has 0 bridgehead atoms. The predicted octanol–water partition coefficient (Wildman–Crippen LogP) is 1.56. The third kappa shape index (κ3) is 2.72. The first-order valence-corrected chi connectivity index (χ1v) is 6.61. The number of nitro benzene ring substituents is 1. The number of benzene rings is 1. The van der Waals surface area contributed by atoms with Gasteiger partial charge in [0.2, 0.25) is 5.91 Å². The zero-order chi connectivity index (χ0) is 15.6. The van der Waals surface area contributed by atoms with E-state index in [-0.39, 0.29) is 11.6 Å². The van der Waals surface area contributed by atoms with Crippen LogP contribution in [-0.4, -0.2) is 39.9 Å². The number of carbonyl (C=O) groups is 2. The Labute approximate surface area is 121 Å². The van der Waals surface area contributed by atoms with Crippen LogP contribution in [0.15, 0.2) is 24.3 Å². The molecule has 0 aromatic heterocycles. The number of amides is 1. The summed E-state index contributed by atoms with van der Waals surface area (Å²) in [5.74, 6) is -1.03. The van der Waals surface area contributed by atoms with E-state index >= 15 is 0 Å². The zero-order valence-corrected chi connectivity index (χ0v) is 11.6. The summed E-state index contributed by atoms with van der Waals surface area (Å²) in [6, 6.07) is 5.63. The molecule has 2 rings (SSSR count). The lowest BCUT2D eigenvalue weighted by molar-refractivity contribution is -0.384. The van der Waals surface area contributed by atoms with Crippen LogP contribution in [0.2, 0.25) is 0 Å². The highest BCUT2D eigenvalue weighted by Gasteiger charge is 2.43. The molecule has 1 N–H and O–H groups in total. The monoisotopic (exact) mass is 292 g/mol. The number of carbonyl (C=O) groups excluding carboxylic acids is 1. The van der Waals surface area contributed by atoms with Gasteiger partial charge in [-0.1, -0.05) is 12.1 Å². The molecule has 1 aromatic carbocycles. The van der Waals surface area contributed by atoms with Gasteiger partial charge in [-0.2, -0.15) is 0 Å². The van der Waals surface area contributed by atoms with Crippen LogP contribution in [0.5, 0.6) is 0 Å².